The highest BCUT2D eigenvalue weighted by atomic mass is 127. The fourth-order valence-corrected chi connectivity index (χ4v) is 2.37. The summed E-state index contributed by atoms with van der Waals surface area (Å²) >= 11 is 1.51. The summed E-state index contributed by atoms with van der Waals surface area (Å²) in [4.78, 5) is 11.1. The van der Waals surface area contributed by atoms with Crippen LogP contribution in [0.5, 0.6) is 5.75 Å². The number of allylic oxidation sites excluding steroid dienone is 1. The molecule has 20 heavy (non-hydrogen) atoms. The minimum atomic E-state index is -4.49. The van der Waals surface area contributed by atoms with Crippen molar-refractivity contribution in [2.24, 2.45) is 0 Å². The first-order valence-electron chi connectivity index (χ1n) is 5.49. The van der Waals surface area contributed by atoms with Crippen molar-refractivity contribution in [3.05, 3.63) is 39.5 Å². The van der Waals surface area contributed by atoms with E-state index in [-0.39, 0.29) is 9.66 Å². The van der Waals surface area contributed by atoms with Crippen LogP contribution >= 0.6 is 22.6 Å². The Hall–Kier alpha value is -1.25. The maximum absolute atomic E-state index is 12.4. The van der Waals surface area contributed by atoms with Crippen LogP contribution in [0.1, 0.15) is 18.6 Å². The molecule has 0 aliphatic heterocycles. The summed E-state index contributed by atoms with van der Waals surface area (Å²) in [6, 6.07) is 6.44. The molecule has 0 radical (unpaired) electrons. The van der Waals surface area contributed by atoms with E-state index in [4.69, 9.17) is 9.47 Å². The molecule has 1 rings (SSSR count). The van der Waals surface area contributed by atoms with Gasteiger partial charge in [0.2, 0.25) is 0 Å². The van der Waals surface area contributed by atoms with Gasteiger partial charge in [0.1, 0.15) is 5.75 Å². The monoisotopic (exact) mass is 400 g/mol. The topological polar surface area (TPSA) is 35.5 Å². The van der Waals surface area contributed by atoms with Gasteiger partial charge in [0.15, 0.2) is 6.10 Å². The molecule has 1 aromatic carbocycles. The lowest BCUT2D eigenvalue weighted by Gasteiger charge is -2.20. The second-order valence-corrected chi connectivity index (χ2v) is 5.05. The van der Waals surface area contributed by atoms with Crippen molar-refractivity contribution >= 4 is 28.6 Å². The second kappa shape index (κ2) is 6.96. The Bertz CT molecular complexity index is 512. The van der Waals surface area contributed by atoms with Gasteiger partial charge in [-0.15, -0.1) is 0 Å². The average molecular weight is 400 g/mol. The van der Waals surface area contributed by atoms with Gasteiger partial charge in [-0.2, -0.15) is 13.2 Å². The van der Waals surface area contributed by atoms with Gasteiger partial charge in [-0.3, -0.25) is 4.79 Å². The van der Waals surface area contributed by atoms with Crippen LogP contribution in [0.25, 0.3) is 0 Å². The second-order valence-electron chi connectivity index (χ2n) is 3.80. The first-order chi connectivity index (χ1) is 9.24. The molecule has 0 aliphatic rings. The highest BCUT2D eigenvalue weighted by Crippen LogP contribution is 2.38. The Morgan fingerprint density at radius 2 is 1.95 bits per heavy atom. The predicted molar refractivity (Wildman–Crippen MR) is 75.7 cm³/mol. The van der Waals surface area contributed by atoms with E-state index < -0.39 is 18.2 Å². The van der Waals surface area contributed by atoms with Crippen molar-refractivity contribution in [2.45, 2.75) is 19.2 Å². The number of carbonyl (C=O) groups is 1. The zero-order valence-corrected chi connectivity index (χ0v) is 12.9. The van der Waals surface area contributed by atoms with Crippen molar-refractivity contribution < 1.29 is 27.4 Å². The Kier molecular flexibility index (Phi) is 5.85. The van der Waals surface area contributed by atoms with Crippen LogP contribution in [0, 0.1) is 0 Å². The number of benzene rings is 1. The molecule has 0 fully saturated rings. The molecule has 1 aromatic rings. The molecule has 0 heterocycles. The zero-order valence-electron chi connectivity index (χ0n) is 10.7. The van der Waals surface area contributed by atoms with Crippen molar-refractivity contribution in [3.63, 3.8) is 0 Å². The van der Waals surface area contributed by atoms with Crippen LogP contribution < -0.4 is 4.74 Å². The summed E-state index contributed by atoms with van der Waals surface area (Å²) in [6.07, 6.45) is -5.53. The fourth-order valence-electron chi connectivity index (χ4n) is 1.55. The van der Waals surface area contributed by atoms with E-state index in [9.17, 15) is 18.0 Å². The third kappa shape index (κ3) is 5.03. The van der Waals surface area contributed by atoms with Gasteiger partial charge in [0, 0.05) is 22.1 Å². The van der Waals surface area contributed by atoms with Crippen molar-refractivity contribution in [1.29, 1.82) is 0 Å². The van der Waals surface area contributed by atoms with Crippen LogP contribution in [0.2, 0.25) is 0 Å². The van der Waals surface area contributed by atoms with Gasteiger partial charge < -0.3 is 9.47 Å². The van der Waals surface area contributed by atoms with Gasteiger partial charge in [-0.1, -0.05) is 18.2 Å². The largest absolute Gasteiger partial charge is 0.496 e. The minimum absolute atomic E-state index is 0.105. The van der Waals surface area contributed by atoms with E-state index >= 15 is 0 Å². The molecule has 1 unspecified atom stereocenters. The van der Waals surface area contributed by atoms with E-state index in [0.717, 1.165) is 6.92 Å². The molecule has 0 N–H and O–H groups in total. The summed E-state index contributed by atoms with van der Waals surface area (Å²) in [5.74, 6) is -0.325. The van der Waals surface area contributed by atoms with Crippen LogP contribution in [0.3, 0.4) is 0 Å². The zero-order chi connectivity index (χ0) is 15.3. The number of methoxy groups -OCH3 is 1. The lowest BCUT2D eigenvalue weighted by Crippen LogP contribution is -2.12. The lowest BCUT2D eigenvalue weighted by atomic mass is 10.1. The molecule has 0 aliphatic carbocycles. The normalized spacial score (nSPS) is 13.8. The molecule has 1 atom stereocenters. The molecular weight excluding hydrogens is 388 g/mol. The first-order valence-corrected chi connectivity index (χ1v) is 6.57. The SMILES string of the molecule is COc1ccccc1C(OC(C)=O)/C(I)=C/C(F)(F)F. The number of rotatable bonds is 4. The molecule has 3 nitrogen and oxygen atoms in total. The number of para-hydroxylation sites is 1. The van der Waals surface area contributed by atoms with Gasteiger partial charge in [0.05, 0.1) is 7.11 Å². The lowest BCUT2D eigenvalue weighted by molar-refractivity contribution is -0.144. The Morgan fingerprint density at radius 1 is 1.35 bits per heavy atom. The van der Waals surface area contributed by atoms with Gasteiger partial charge in [0.25, 0.3) is 0 Å². The molecule has 0 aromatic heterocycles. The molecule has 110 valence electrons. The molecule has 7 heteroatoms. The summed E-state index contributed by atoms with van der Waals surface area (Å²) in [5, 5.41) is 0. The maximum Gasteiger partial charge on any atom is 0.410 e. The van der Waals surface area contributed by atoms with Gasteiger partial charge in [-0.25, -0.2) is 0 Å². The van der Waals surface area contributed by atoms with Gasteiger partial charge in [-0.05, 0) is 28.7 Å². The highest BCUT2D eigenvalue weighted by Gasteiger charge is 2.29. The summed E-state index contributed by atoms with van der Waals surface area (Å²) in [7, 11) is 1.39. The molecule has 0 saturated carbocycles. The van der Waals surface area contributed by atoms with Crippen LogP contribution in [0.4, 0.5) is 13.2 Å². The number of halogens is 4. The van der Waals surface area contributed by atoms with Crippen LogP contribution in [0.15, 0.2) is 33.9 Å². The number of alkyl halides is 3. The van der Waals surface area contributed by atoms with Crippen molar-refractivity contribution in [1.82, 2.24) is 0 Å². The molecule has 0 saturated heterocycles. The maximum atomic E-state index is 12.4. The van der Waals surface area contributed by atoms with Crippen LogP contribution in [-0.4, -0.2) is 19.3 Å². The third-order valence-corrected chi connectivity index (χ3v) is 3.13. The van der Waals surface area contributed by atoms with E-state index in [2.05, 4.69) is 0 Å². The van der Waals surface area contributed by atoms with E-state index in [0.29, 0.717) is 11.3 Å². The smallest absolute Gasteiger partial charge is 0.410 e. The average Bonchev–Trinajstić information content (AvgIpc) is 2.33. The standard InChI is InChI=1S/C13H12F3IO3/c1-8(18)20-12(10(17)7-13(14,15)16)9-5-3-4-6-11(9)19-2/h3-7,12H,1-2H3/b10-7-. The Balaban J connectivity index is 3.25. The molecule has 0 bridgehead atoms. The van der Waals surface area contributed by atoms with E-state index in [1.54, 1.807) is 24.3 Å². The van der Waals surface area contributed by atoms with E-state index in [1.165, 1.54) is 29.7 Å². The Labute approximate surface area is 127 Å². The number of carbonyl (C=O) groups excluding carboxylic acids is 1. The number of esters is 1. The fraction of sp³-hybridized carbons (Fsp3) is 0.308. The van der Waals surface area contributed by atoms with E-state index in [1.807, 2.05) is 0 Å². The number of hydrogen-bond acceptors (Lipinski definition) is 3. The quantitative estimate of drug-likeness (QED) is 0.562. The summed E-state index contributed by atoms with van der Waals surface area (Å²) < 4.78 is 47.3. The molecular formula is C13H12F3IO3. The third-order valence-electron chi connectivity index (χ3n) is 2.26. The molecule has 0 amide bonds. The predicted octanol–water partition coefficient (Wildman–Crippen LogP) is 4.18. The highest BCUT2D eigenvalue weighted by molar-refractivity contribution is 14.1. The Morgan fingerprint density at radius 3 is 2.45 bits per heavy atom. The number of ether oxygens (including phenoxy) is 2. The van der Waals surface area contributed by atoms with Crippen LogP contribution in [-0.2, 0) is 9.53 Å². The van der Waals surface area contributed by atoms with Crippen molar-refractivity contribution in [3.8, 4) is 5.75 Å². The molecule has 0 spiro atoms. The minimum Gasteiger partial charge on any atom is -0.496 e. The van der Waals surface area contributed by atoms with Gasteiger partial charge >= 0.3 is 12.1 Å². The first kappa shape index (κ1) is 16.8. The summed E-state index contributed by atoms with van der Waals surface area (Å²) in [5.41, 5.74) is 0.357. The summed E-state index contributed by atoms with van der Waals surface area (Å²) in [6.45, 7) is 1.14. The van der Waals surface area contributed by atoms with Crippen molar-refractivity contribution in [2.75, 3.05) is 7.11 Å². The number of hydrogen-bond donors (Lipinski definition) is 0.